The van der Waals surface area contributed by atoms with Crippen LogP contribution in [0.25, 0.3) is 10.9 Å². The molecule has 3 rings (SSSR count). The van der Waals surface area contributed by atoms with Gasteiger partial charge in [-0.2, -0.15) is 0 Å². The zero-order valence-corrected chi connectivity index (χ0v) is 15.6. The molecule has 0 N–H and O–H groups in total. The van der Waals surface area contributed by atoms with Gasteiger partial charge < -0.3 is 14.0 Å². The van der Waals surface area contributed by atoms with E-state index in [0.717, 1.165) is 22.2 Å². The van der Waals surface area contributed by atoms with Crippen LogP contribution in [0.4, 0.5) is 0 Å². The Morgan fingerprint density at radius 1 is 1.23 bits per heavy atom. The minimum Gasteiger partial charge on any atom is -0.465 e. The Kier molecular flexibility index (Phi) is 4.90. The van der Waals surface area contributed by atoms with Crippen molar-refractivity contribution in [3.8, 4) is 0 Å². The number of para-hydroxylation sites is 1. The van der Waals surface area contributed by atoms with Gasteiger partial charge in [-0.05, 0) is 31.9 Å². The van der Waals surface area contributed by atoms with Gasteiger partial charge in [0, 0.05) is 36.0 Å². The number of rotatable bonds is 5. The van der Waals surface area contributed by atoms with Crippen molar-refractivity contribution in [3.63, 3.8) is 0 Å². The van der Waals surface area contributed by atoms with Crippen molar-refractivity contribution in [1.29, 1.82) is 0 Å². The second-order valence-corrected chi connectivity index (χ2v) is 6.68. The van der Waals surface area contributed by atoms with Crippen molar-refractivity contribution in [2.45, 2.75) is 32.6 Å². The largest absolute Gasteiger partial charge is 0.465 e. The third kappa shape index (κ3) is 2.62. The number of aryl methyl sites for hydroxylation is 1. The van der Waals surface area contributed by atoms with Gasteiger partial charge in [0.1, 0.15) is 0 Å². The molecule has 5 nitrogen and oxygen atoms in total. The number of benzene rings is 1. The molecule has 0 fully saturated rings. The molecule has 1 heterocycles. The van der Waals surface area contributed by atoms with E-state index in [0.29, 0.717) is 6.42 Å². The van der Waals surface area contributed by atoms with Gasteiger partial charge in [0.05, 0.1) is 13.2 Å². The van der Waals surface area contributed by atoms with Gasteiger partial charge in [-0.1, -0.05) is 24.3 Å². The summed E-state index contributed by atoms with van der Waals surface area (Å²) in [5.41, 5.74) is 1.85. The zero-order chi connectivity index (χ0) is 18.9. The second kappa shape index (κ2) is 6.98. The van der Waals surface area contributed by atoms with Crippen LogP contribution in [0.3, 0.4) is 0 Å². The summed E-state index contributed by atoms with van der Waals surface area (Å²) in [6, 6.07) is 8.11. The fourth-order valence-electron chi connectivity index (χ4n) is 4.07. The molecular weight excluding hydrogens is 330 g/mol. The Balaban J connectivity index is 2.21. The Morgan fingerprint density at radius 3 is 2.42 bits per heavy atom. The topological polar surface area (TPSA) is 57.5 Å². The number of carbonyl (C=O) groups excluding carboxylic acids is 2. The lowest BCUT2D eigenvalue weighted by atomic mass is 9.68. The van der Waals surface area contributed by atoms with Crippen LogP contribution in [-0.2, 0) is 32.5 Å². The number of esters is 2. The van der Waals surface area contributed by atoms with Crippen LogP contribution in [0.1, 0.15) is 37.4 Å². The average molecular weight is 355 g/mol. The van der Waals surface area contributed by atoms with Gasteiger partial charge in [-0.15, -0.1) is 6.58 Å². The van der Waals surface area contributed by atoms with Crippen molar-refractivity contribution in [2.75, 3.05) is 13.2 Å². The first-order chi connectivity index (χ1) is 12.5. The maximum atomic E-state index is 12.9. The Labute approximate surface area is 153 Å². The highest BCUT2D eigenvalue weighted by atomic mass is 16.6. The van der Waals surface area contributed by atoms with Gasteiger partial charge in [-0.3, -0.25) is 9.59 Å². The summed E-state index contributed by atoms with van der Waals surface area (Å²) in [5, 5.41) is 1.14. The molecule has 1 aliphatic rings. The van der Waals surface area contributed by atoms with Gasteiger partial charge in [0.15, 0.2) is 5.41 Å². The molecular formula is C21H25NO4. The fourth-order valence-corrected chi connectivity index (χ4v) is 4.07. The van der Waals surface area contributed by atoms with E-state index in [1.165, 1.54) is 0 Å². The molecule has 0 bridgehead atoms. The summed E-state index contributed by atoms with van der Waals surface area (Å²) in [7, 11) is 1.97. The quantitative estimate of drug-likeness (QED) is 0.468. The van der Waals surface area contributed by atoms with E-state index < -0.39 is 17.4 Å². The summed E-state index contributed by atoms with van der Waals surface area (Å²) in [5.74, 6) is -1.15. The summed E-state index contributed by atoms with van der Waals surface area (Å²) in [4.78, 5) is 25.7. The maximum Gasteiger partial charge on any atom is 0.323 e. The lowest BCUT2D eigenvalue weighted by molar-refractivity contribution is -0.173. The van der Waals surface area contributed by atoms with Crippen molar-refractivity contribution >= 4 is 22.8 Å². The molecule has 0 aliphatic heterocycles. The summed E-state index contributed by atoms with van der Waals surface area (Å²) in [6.07, 6.45) is 2.41. The van der Waals surface area contributed by atoms with Crippen molar-refractivity contribution in [1.82, 2.24) is 4.57 Å². The van der Waals surface area contributed by atoms with E-state index in [1.807, 2.05) is 31.3 Å². The highest BCUT2D eigenvalue weighted by Crippen LogP contribution is 2.48. The number of allylic oxidation sites excluding steroid dienone is 1. The standard InChI is InChI=1S/C21H25NO4/c1-5-14-12-21(19(23)25-6-2,20(24)26-7-3)13-17-18(14)15-10-8-9-11-16(15)22(17)4/h5,8-11,14H,1,6-7,12-13H2,2-4H3/t14-/m1/s1. The number of hydrogen-bond acceptors (Lipinski definition) is 4. The van der Waals surface area contributed by atoms with Gasteiger partial charge >= 0.3 is 11.9 Å². The number of hydrogen-bond donors (Lipinski definition) is 0. The lowest BCUT2D eigenvalue weighted by Crippen LogP contribution is -2.47. The van der Waals surface area contributed by atoms with Crippen LogP contribution in [0.5, 0.6) is 0 Å². The highest BCUT2D eigenvalue weighted by Gasteiger charge is 2.54. The van der Waals surface area contributed by atoms with Crippen LogP contribution in [0.2, 0.25) is 0 Å². The minimum absolute atomic E-state index is 0.126. The molecule has 0 unspecified atom stereocenters. The number of nitrogens with zero attached hydrogens (tertiary/aromatic N) is 1. The van der Waals surface area contributed by atoms with Crippen molar-refractivity contribution < 1.29 is 19.1 Å². The van der Waals surface area contributed by atoms with E-state index >= 15 is 0 Å². The van der Waals surface area contributed by atoms with Crippen LogP contribution in [0.15, 0.2) is 36.9 Å². The van der Waals surface area contributed by atoms with E-state index in [-0.39, 0.29) is 25.6 Å². The monoisotopic (exact) mass is 355 g/mol. The summed E-state index contributed by atoms with van der Waals surface area (Å²) in [6.45, 7) is 7.89. The predicted octanol–water partition coefficient (Wildman–Crippen LogP) is 3.51. The molecule has 1 aliphatic carbocycles. The van der Waals surface area contributed by atoms with Crippen LogP contribution in [0, 0.1) is 5.41 Å². The number of aromatic nitrogens is 1. The molecule has 1 aromatic heterocycles. The van der Waals surface area contributed by atoms with E-state index in [4.69, 9.17) is 9.47 Å². The molecule has 0 amide bonds. The average Bonchev–Trinajstić information content (AvgIpc) is 2.94. The highest BCUT2D eigenvalue weighted by molar-refractivity contribution is 6.01. The molecule has 0 saturated heterocycles. The normalized spacial score (nSPS) is 18.2. The minimum atomic E-state index is -1.33. The van der Waals surface area contributed by atoms with Crippen LogP contribution < -0.4 is 0 Å². The lowest BCUT2D eigenvalue weighted by Gasteiger charge is -2.36. The first-order valence-corrected chi connectivity index (χ1v) is 9.03. The molecule has 0 spiro atoms. The van der Waals surface area contributed by atoms with E-state index in [2.05, 4.69) is 17.2 Å². The third-order valence-electron chi connectivity index (χ3n) is 5.30. The van der Waals surface area contributed by atoms with E-state index in [1.54, 1.807) is 13.8 Å². The molecule has 5 heteroatoms. The molecule has 2 aromatic rings. The Hall–Kier alpha value is -2.56. The molecule has 1 atom stereocenters. The van der Waals surface area contributed by atoms with Gasteiger partial charge in [0.2, 0.25) is 0 Å². The Morgan fingerprint density at radius 2 is 1.85 bits per heavy atom. The maximum absolute atomic E-state index is 12.9. The molecule has 138 valence electrons. The number of ether oxygens (including phenoxy) is 2. The van der Waals surface area contributed by atoms with Gasteiger partial charge in [-0.25, -0.2) is 0 Å². The van der Waals surface area contributed by atoms with Crippen LogP contribution in [-0.4, -0.2) is 29.7 Å². The molecule has 1 aromatic carbocycles. The van der Waals surface area contributed by atoms with Crippen LogP contribution >= 0.6 is 0 Å². The van der Waals surface area contributed by atoms with Crippen molar-refractivity contribution in [2.24, 2.45) is 12.5 Å². The second-order valence-electron chi connectivity index (χ2n) is 6.68. The smallest absolute Gasteiger partial charge is 0.323 e. The zero-order valence-electron chi connectivity index (χ0n) is 15.6. The van der Waals surface area contributed by atoms with E-state index in [9.17, 15) is 9.59 Å². The fraction of sp³-hybridized carbons (Fsp3) is 0.429. The first kappa shape index (κ1) is 18.2. The number of fused-ring (bicyclic) bond motifs is 3. The Bertz CT molecular complexity index is 846. The van der Waals surface area contributed by atoms with Crippen molar-refractivity contribution in [3.05, 3.63) is 48.2 Å². The SMILES string of the molecule is C=C[C@@H]1CC(C(=O)OCC)(C(=O)OCC)Cc2c1c1ccccc1n2C. The number of carbonyl (C=O) groups is 2. The van der Waals surface area contributed by atoms with Gasteiger partial charge in [0.25, 0.3) is 0 Å². The summed E-state index contributed by atoms with van der Waals surface area (Å²) < 4.78 is 12.6. The first-order valence-electron chi connectivity index (χ1n) is 9.03. The molecule has 0 saturated carbocycles. The third-order valence-corrected chi connectivity index (χ3v) is 5.30. The molecule has 0 radical (unpaired) electrons. The molecule has 26 heavy (non-hydrogen) atoms. The predicted molar refractivity (Wildman–Crippen MR) is 99.9 cm³/mol. The summed E-state index contributed by atoms with van der Waals surface area (Å²) >= 11 is 0.